The first-order chi connectivity index (χ1) is 28.2. The van der Waals surface area contributed by atoms with Crippen LogP contribution in [0.15, 0.2) is 12.3 Å². The quantitative estimate of drug-likeness (QED) is 0.0308. The number of carbonyl (C=O) groups excluding carboxylic acids is 4. The third-order valence-electron chi connectivity index (χ3n) is 8.22. The first-order valence-corrected chi connectivity index (χ1v) is 23.0. The second-order valence-corrected chi connectivity index (χ2v) is 19.4. The third kappa shape index (κ3) is 29.3. The van der Waals surface area contributed by atoms with Gasteiger partial charge in [0.2, 0.25) is 23.6 Å². The smallest absolute Gasteiger partial charge is 0.307 e. The van der Waals surface area contributed by atoms with E-state index in [0.29, 0.717) is 39.6 Å². The van der Waals surface area contributed by atoms with Crippen molar-refractivity contribution >= 4 is 41.6 Å². The average molecular weight is 871 g/mol. The SMILES string of the molecule is C#CCOCCOCCNC(=O)CCC(CCC(=O)NCCOCCOCC#C)(CCC(=O)NCCOCCOCC#C)NC(=O)CCC(=C)OP(=O)(SC)C(C)(C)C. The minimum atomic E-state index is -3.18. The van der Waals surface area contributed by atoms with E-state index in [1.165, 1.54) is 0 Å². The van der Waals surface area contributed by atoms with Gasteiger partial charge in [0.15, 0.2) is 0 Å². The molecular formula is C41H67N4O12PS. The van der Waals surface area contributed by atoms with E-state index in [0.717, 1.165) is 11.4 Å². The van der Waals surface area contributed by atoms with Gasteiger partial charge in [-0.2, -0.15) is 0 Å². The van der Waals surface area contributed by atoms with Crippen molar-refractivity contribution in [1.82, 2.24) is 21.3 Å². The van der Waals surface area contributed by atoms with Gasteiger partial charge in [-0.1, -0.05) is 35.7 Å². The van der Waals surface area contributed by atoms with Crippen LogP contribution in [0.4, 0.5) is 0 Å². The second-order valence-electron chi connectivity index (χ2n) is 14.0. The van der Waals surface area contributed by atoms with Crippen LogP contribution in [0.25, 0.3) is 0 Å². The van der Waals surface area contributed by atoms with E-state index < -0.39 is 23.2 Å². The highest BCUT2D eigenvalue weighted by Gasteiger charge is 2.39. The Bertz CT molecular complexity index is 1310. The van der Waals surface area contributed by atoms with Crippen molar-refractivity contribution in [1.29, 1.82) is 0 Å². The van der Waals surface area contributed by atoms with E-state index in [1.807, 2.05) is 0 Å². The number of rotatable bonds is 37. The molecule has 0 saturated heterocycles. The van der Waals surface area contributed by atoms with E-state index in [2.05, 4.69) is 45.6 Å². The van der Waals surface area contributed by atoms with Crippen molar-refractivity contribution in [2.24, 2.45) is 0 Å². The average Bonchev–Trinajstić information content (AvgIpc) is 3.20. The molecule has 1 unspecified atom stereocenters. The maximum absolute atomic E-state index is 13.6. The Kier molecular flexibility index (Phi) is 32.1. The Morgan fingerprint density at radius 2 is 0.932 bits per heavy atom. The van der Waals surface area contributed by atoms with Crippen LogP contribution in [0.2, 0.25) is 0 Å². The molecule has 4 N–H and O–H groups in total. The number of hydrogen-bond acceptors (Lipinski definition) is 13. The summed E-state index contributed by atoms with van der Waals surface area (Å²) in [7, 11) is 0. The Hall–Kier alpha value is -3.56. The van der Waals surface area contributed by atoms with Crippen molar-refractivity contribution in [3.8, 4) is 37.0 Å². The summed E-state index contributed by atoms with van der Waals surface area (Å²) in [6.45, 7) is 9.94. The number of allylic oxidation sites excluding steroid dienone is 1. The molecule has 59 heavy (non-hydrogen) atoms. The summed E-state index contributed by atoms with van der Waals surface area (Å²) in [5.74, 6) is 5.93. The lowest BCUT2D eigenvalue weighted by Crippen LogP contribution is -2.50. The highest BCUT2D eigenvalue weighted by molar-refractivity contribution is 8.56. The lowest BCUT2D eigenvalue weighted by Gasteiger charge is -2.35. The number of ether oxygens (including phenoxy) is 6. The summed E-state index contributed by atoms with van der Waals surface area (Å²) in [6, 6.07) is 0. The maximum atomic E-state index is 13.6. The predicted molar refractivity (Wildman–Crippen MR) is 229 cm³/mol. The Morgan fingerprint density at radius 1 is 0.576 bits per heavy atom. The molecule has 0 aromatic carbocycles. The zero-order valence-corrected chi connectivity index (χ0v) is 37.2. The van der Waals surface area contributed by atoms with Gasteiger partial charge < -0.3 is 54.2 Å². The molecule has 18 heteroatoms. The molecule has 0 fully saturated rings. The highest BCUT2D eigenvalue weighted by atomic mass is 32.7. The summed E-state index contributed by atoms with van der Waals surface area (Å²) in [5.41, 5.74) is -1.16. The van der Waals surface area contributed by atoms with Crippen molar-refractivity contribution in [3.05, 3.63) is 12.3 Å². The van der Waals surface area contributed by atoms with Gasteiger partial charge in [0, 0.05) is 57.3 Å². The van der Waals surface area contributed by atoms with Crippen LogP contribution in [0, 0.1) is 37.0 Å². The molecular weight excluding hydrogens is 804 g/mol. The molecule has 334 valence electrons. The Labute approximate surface area is 356 Å². The normalized spacial score (nSPS) is 12.2. The fourth-order valence-electron chi connectivity index (χ4n) is 5.00. The van der Waals surface area contributed by atoms with Gasteiger partial charge in [-0.25, -0.2) is 0 Å². The fourth-order valence-corrected chi connectivity index (χ4v) is 8.51. The number of carbonyl (C=O) groups is 4. The summed E-state index contributed by atoms with van der Waals surface area (Å²) < 4.78 is 51.1. The van der Waals surface area contributed by atoms with Gasteiger partial charge in [0.1, 0.15) is 19.8 Å². The Morgan fingerprint density at radius 3 is 1.25 bits per heavy atom. The minimum absolute atomic E-state index is 0.0295. The first-order valence-electron chi connectivity index (χ1n) is 19.6. The largest absolute Gasteiger partial charge is 0.441 e. The molecule has 0 spiro atoms. The van der Waals surface area contributed by atoms with Crippen molar-refractivity contribution in [2.75, 3.05) is 105 Å². The highest BCUT2D eigenvalue weighted by Crippen LogP contribution is 2.68. The van der Waals surface area contributed by atoms with Crippen molar-refractivity contribution in [3.63, 3.8) is 0 Å². The summed E-state index contributed by atoms with van der Waals surface area (Å²) in [4.78, 5) is 52.8. The first kappa shape index (κ1) is 55.4. The Balaban J connectivity index is 5.87. The van der Waals surface area contributed by atoms with E-state index >= 15 is 0 Å². The zero-order chi connectivity index (χ0) is 44.3. The molecule has 0 aromatic heterocycles. The standard InChI is InChI=1S/C41H67N4O12PS/c1-9-23-51-29-32-54-26-20-42-36(46)14-17-41(18-15-37(47)43-21-27-55-33-30-52-24-10-2,19-16-38(48)44-22-28-56-34-31-53-25-11-3)45-39(49)13-12-35(4)57-58(50,59-8)40(5,6)7/h1-3H,4,12-34H2,5-8H3,(H,42,46)(H,43,47)(H,44,48)(H,45,49). The lowest BCUT2D eigenvalue weighted by atomic mass is 9.83. The molecule has 4 amide bonds. The van der Waals surface area contributed by atoms with Crippen LogP contribution in [0.3, 0.4) is 0 Å². The molecule has 0 radical (unpaired) electrons. The topological polar surface area (TPSA) is 198 Å². The molecule has 1 atom stereocenters. The summed E-state index contributed by atoms with van der Waals surface area (Å²) >= 11 is 1.11. The third-order valence-corrected chi connectivity index (χ3v) is 14.1. The van der Waals surface area contributed by atoms with Gasteiger partial charge >= 0.3 is 6.57 Å². The van der Waals surface area contributed by atoms with Crippen LogP contribution >= 0.6 is 18.0 Å². The van der Waals surface area contributed by atoms with Gasteiger partial charge in [0.25, 0.3) is 0 Å². The predicted octanol–water partition coefficient (Wildman–Crippen LogP) is 3.19. The molecule has 0 aliphatic carbocycles. The van der Waals surface area contributed by atoms with Crippen molar-refractivity contribution in [2.45, 2.75) is 82.8 Å². The maximum Gasteiger partial charge on any atom is 0.307 e. The molecule has 0 aromatic rings. The monoisotopic (exact) mass is 870 g/mol. The van der Waals surface area contributed by atoms with E-state index in [9.17, 15) is 23.7 Å². The zero-order valence-electron chi connectivity index (χ0n) is 35.5. The van der Waals surface area contributed by atoms with E-state index in [-0.39, 0.29) is 134 Å². The number of nitrogens with one attached hydrogen (secondary N) is 4. The second kappa shape index (κ2) is 34.2. The van der Waals surface area contributed by atoms with Crippen LogP contribution < -0.4 is 21.3 Å². The number of hydrogen-bond donors (Lipinski definition) is 4. The number of terminal acetylenes is 3. The van der Waals surface area contributed by atoms with E-state index in [4.69, 9.17) is 52.2 Å². The van der Waals surface area contributed by atoms with Crippen molar-refractivity contribution < 1.29 is 56.7 Å². The fraction of sp³-hybridized carbons (Fsp3) is 0.707. The minimum Gasteiger partial charge on any atom is -0.441 e. The lowest BCUT2D eigenvalue weighted by molar-refractivity contribution is -0.127. The molecule has 0 bridgehead atoms. The summed E-state index contributed by atoms with van der Waals surface area (Å²) in [5, 5.41) is 10.8. The van der Waals surface area contributed by atoms with Gasteiger partial charge in [-0.05, 0) is 46.3 Å². The summed E-state index contributed by atoms with van der Waals surface area (Å²) in [6.07, 6.45) is 17.4. The van der Waals surface area contributed by atoms with E-state index in [1.54, 1.807) is 27.0 Å². The van der Waals surface area contributed by atoms with Crippen LogP contribution in [-0.2, 0) is 56.7 Å². The molecule has 0 aliphatic rings. The molecule has 0 rings (SSSR count). The molecule has 0 heterocycles. The van der Waals surface area contributed by atoms with Gasteiger partial charge in [-0.3, -0.25) is 23.7 Å². The van der Waals surface area contributed by atoms with Gasteiger partial charge in [0.05, 0.1) is 70.4 Å². The molecule has 0 saturated carbocycles. The van der Waals surface area contributed by atoms with Crippen LogP contribution in [-0.4, -0.2) is 139 Å². The number of amides is 4. The molecule has 16 nitrogen and oxygen atoms in total. The molecule has 0 aliphatic heterocycles. The van der Waals surface area contributed by atoms with Gasteiger partial charge in [-0.15, -0.1) is 19.3 Å². The van der Waals surface area contributed by atoms with Crippen LogP contribution in [0.5, 0.6) is 0 Å². The van der Waals surface area contributed by atoms with Crippen LogP contribution in [0.1, 0.15) is 72.1 Å².